The topological polar surface area (TPSA) is 61.7 Å². The SMILES string of the molecule is Oc1cccc(C2NC(c3cccc(O)c3)c3c(ccc4ccccc34)O2)c1. The predicted octanol–water partition coefficient (Wildman–Crippen LogP) is 5.02. The van der Waals surface area contributed by atoms with E-state index in [0.29, 0.717) is 0 Å². The summed E-state index contributed by atoms with van der Waals surface area (Å²) in [5.74, 6) is 1.21. The molecule has 4 heteroatoms. The van der Waals surface area contributed by atoms with Crippen molar-refractivity contribution in [3.63, 3.8) is 0 Å². The van der Waals surface area contributed by atoms with E-state index < -0.39 is 6.23 Å². The van der Waals surface area contributed by atoms with Gasteiger partial charge in [0.15, 0.2) is 6.23 Å². The summed E-state index contributed by atoms with van der Waals surface area (Å²) in [5, 5.41) is 25.7. The van der Waals surface area contributed by atoms with Crippen LogP contribution in [0.3, 0.4) is 0 Å². The molecule has 5 rings (SSSR count). The molecule has 0 fully saturated rings. The smallest absolute Gasteiger partial charge is 0.177 e. The van der Waals surface area contributed by atoms with Gasteiger partial charge in [0.2, 0.25) is 0 Å². The Morgan fingerprint density at radius 1 is 0.714 bits per heavy atom. The highest BCUT2D eigenvalue weighted by Gasteiger charge is 2.31. The molecule has 3 N–H and O–H groups in total. The minimum absolute atomic E-state index is 0.172. The summed E-state index contributed by atoms with van der Waals surface area (Å²) in [4.78, 5) is 0. The lowest BCUT2D eigenvalue weighted by Gasteiger charge is -2.35. The van der Waals surface area contributed by atoms with E-state index in [9.17, 15) is 10.2 Å². The normalized spacial score (nSPS) is 18.4. The molecule has 0 bridgehead atoms. The third kappa shape index (κ3) is 2.84. The van der Waals surface area contributed by atoms with Gasteiger partial charge in [0.25, 0.3) is 0 Å². The lowest BCUT2D eigenvalue weighted by atomic mass is 9.91. The molecule has 0 spiro atoms. The quantitative estimate of drug-likeness (QED) is 0.464. The second kappa shape index (κ2) is 6.59. The van der Waals surface area contributed by atoms with Crippen LogP contribution in [0.4, 0.5) is 0 Å². The Morgan fingerprint density at radius 2 is 1.43 bits per heavy atom. The highest BCUT2D eigenvalue weighted by Crippen LogP contribution is 2.43. The fourth-order valence-electron chi connectivity index (χ4n) is 3.89. The first-order valence-electron chi connectivity index (χ1n) is 9.21. The summed E-state index contributed by atoms with van der Waals surface area (Å²) in [7, 11) is 0. The summed E-state index contributed by atoms with van der Waals surface area (Å²) in [6, 6.07) is 26.4. The first kappa shape index (κ1) is 16.7. The van der Waals surface area contributed by atoms with Crippen LogP contribution in [0.15, 0.2) is 84.9 Å². The van der Waals surface area contributed by atoms with Crippen LogP contribution in [-0.2, 0) is 0 Å². The second-order valence-corrected chi connectivity index (χ2v) is 6.99. The van der Waals surface area contributed by atoms with Gasteiger partial charge >= 0.3 is 0 Å². The van der Waals surface area contributed by atoms with Crippen molar-refractivity contribution < 1.29 is 14.9 Å². The molecule has 138 valence electrons. The fraction of sp³-hybridized carbons (Fsp3) is 0.0833. The van der Waals surface area contributed by atoms with Gasteiger partial charge in [-0.15, -0.1) is 0 Å². The van der Waals surface area contributed by atoms with E-state index in [-0.39, 0.29) is 17.5 Å². The lowest BCUT2D eigenvalue weighted by molar-refractivity contribution is 0.133. The Balaban J connectivity index is 1.70. The van der Waals surface area contributed by atoms with Crippen LogP contribution in [0.5, 0.6) is 17.2 Å². The molecular formula is C24H19NO3. The maximum atomic E-state index is 10.0. The van der Waals surface area contributed by atoms with Gasteiger partial charge in [-0.2, -0.15) is 0 Å². The van der Waals surface area contributed by atoms with Crippen molar-refractivity contribution in [3.8, 4) is 17.2 Å². The molecule has 0 aromatic heterocycles. The fourth-order valence-corrected chi connectivity index (χ4v) is 3.89. The second-order valence-electron chi connectivity index (χ2n) is 6.99. The Hall–Kier alpha value is -3.50. The molecule has 0 saturated carbocycles. The number of hydrogen-bond donors (Lipinski definition) is 3. The molecule has 2 atom stereocenters. The summed E-state index contributed by atoms with van der Waals surface area (Å²) >= 11 is 0. The van der Waals surface area contributed by atoms with Crippen LogP contribution < -0.4 is 10.1 Å². The molecule has 4 aromatic rings. The highest BCUT2D eigenvalue weighted by atomic mass is 16.5. The van der Waals surface area contributed by atoms with Gasteiger partial charge < -0.3 is 14.9 Å². The van der Waals surface area contributed by atoms with Crippen LogP contribution in [0.2, 0.25) is 0 Å². The zero-order chi connectivity index (χ0) is 19.1. The number of benzene rings is 4. The number of aromatic hydroxyl groups is 2. The van der Waals surface area contributed by atoms with Crippen molar-refractivity contribution in [2.24, 2.45) is 0 Å². The number of phenols is 2. The molecular weight excluding hydrogens is 350 g/mol. The van der Waals surface area contributed by atoms with Crippen LogP contribution in [0, 0.1) is 0 Å². The van der Waals surface area contributed by atoms with E-state index in [4.69, 9.17) is 4.74 Å². The van der Waals surface area contributed by atoms with E-state index in [0.717, 1.165) is 33.2 Å². The predicted molar refractivity (Wildman–Crippen MR) is 109 cm³/mol. The number of fused-ring (bicyclic) bond motifs is 3. The van der Waals surface area contributed by atoms with Crippen LogP contribution in [0.1, 0.15) is 29.0 Å². The average molecular weight is 369 g/mol. The lowest BCUT2D eigenvalue weighted by Crippen LogP contribution is -2.35. The Kier molecular flexibility index (Phi) is 3.92. The molecule has 1 heterocycles. The number of nitrogens with one attached hydrogen (secondary N) is 1. The third-order valence-corrected chi connectivity index (χ3v) is 5.16. The van der Waals surface area contributed by atoms with Gasteiger partial charge in [0.1, 0.15) is 17.2 Å². The van der Waals surface area contributed by atoms with E-state index in [1.165, 1.54) is 0 Å². The molecule has 0 radical (unpaired) electrons. The first-order chi connectivity index (χ1) is 13.7. The number of ether oxygens (including phenoxy) is 1. The van der Waals surface area contributed by atoms with Gasteiger partial charge in [0, 0.05) is 11.1 Å². The van der Waals surface area contributed by atoms with Gasteiger partial charge in [-0.1, -0.05) is 54.6 Å². The van der Waals surface area contributed by atoms with Crippen molar-refractivity contribution in [2.45, 2.75) is 12.3 Å². The van der Waals surface area contributed by atoms with E-state index >= 15 is 0 Å². The van der Waals surface area contributed by atoms with Crippen molar-refractivity contribution >= 4 is 10.8 Å². The number of phenolic OH excluding ortho intramolecular Hbond substituents is 2. The maximum absolute atomic E-state index is 10.0. The Bertz CT molecular complexity index is 1170. The van der Waals surface area contributed by atoms with E-state index in [1.54, 1.807) is 30.3 Å². The summed E-state index contributed by atoms with van der Waals surface area (Å²) in [6.07, 6.45) is -0.423. The summed E-state index contributed by atoms with van der Waals surface area (Å²) < 4.78 is 6.28. The molecule has 0 saturated heterocycles. The molecule has 4 aromatic carbocycles. The maximum Gasteiger partial charge on any atom is 0.177 e. The van der Waals surface area contributed by atoms with Crippen LogP contribution in [-0.4, -0.2) is 10.2 Å². The molecule has 0 aliphatic carbocycles. The van der Waals surface area contributed by atoms with Crippen molar-refractivity contribution in [1.29, 1.82) is 0 Å². The number of rotatable bonds is 2. The van der Waals surface area contributed by atoms with E-state index in [1.807, 2.05) is 36.4 Å². The standard InChI is InChI=1S/C24H19NO3/c26-18-8-3-6-16(13-18)23-22-20-10-2-1-5-15(20)11-12-21(22)28-24(25-23)17-7-4-9-19(27)14-17/h1-14,23-27H. The Morgan fingerprint density at radius 3 is 2.21 bits per heavy atom. The highest BCUT2D eigenvalue weighted by molar-refractivity contribution is 5.89. The zero-order valence-electron chi connectivity index (χ0n) is 15.0. The minimum Gasteiger partial charge on any atom is -0.508 e. The monoisotopic (exact) mass is 369 g/mol. The summed E-state index contributed by atoms with van der Waals surface area (Å²) in [6.45, 7) is 0. The van der Waals surface area contributed by atoms with E-state index in [2.05, 4.69) is 23.5 Å². The Labute approximate surface area is 162 Å². The minimum atomic E-state index is -0.423. The van der Waals surface area contributed by atoms with Gasteiger partial charge in [0.05, 0.1) is 6.04 Å². The molecule has 4 nitrogen and oxygen atoms in total. The van der Waals surface area contributed by atoms with Crippen molar-refractivity contribution in [2.75, 3.05) is 0 Å². The molecule has 1 aliphatic heterocycles. The molecule has 1 aliphatic rings. The van der Waals surface area contributed by atoms with Crippen LogP contribution in [0.25, 0.3) is 10.8 Å². The third-order valence-electron chi connectivity index (χ3n) is 5.16. The zero-order valence-corrected chi connectivity index (χ0v) is 15.0. The van der Waals surface area contributed by atoms with Crippen LogP contribution >= 0.6 is 0 Å². The molecule has 2 unspecified atom stereocenters. The summed E-state index contributed by atoms with van der Waals surface area (Å²) in [5.41, 5.74) is 2.83. The van der Waals surface area contributed by atoms with Crippen molar-refractivity contribution in [1.82, 2.24) is 5.32 Å². The van der Waals surface area contributed by atoms with Gasteiger partial charge in [-0.05, 0) is 46.7 Å². The largest absolute Gasteiger partial charge is 0.508 e. The van der Waals surface area contributed by atoms with Crippen molar-refractivity contribution in [3.05, 3.63) is 102 Å². The molecule has 28 heavy (non-hydrogen) atoms. The first-order valence-corrected chi connectivity index (χ1v) is 9.21. The number of hydrogen-bond acceptors (Lipinski definition) is 4. The van der Waals surface area contributed by atoms with Gasteiger partial charge in [-0.25, -0.2) is 0 Å². The molecule has 0 amide bonds. The average Bonchev–Trinajstić information content (AvgIpc) is 2.73. The van der Waals surface area contributed by atoms with Gasteiger partial charge in [-0.3, -0.25) is 5.32 Å².